The Labute approximate surface area is 118 Å². The average Bonchev–Trinajstić information content (AvgIpc) is 2.40. The Morgan fingerprint density at radius 2 is 1.74 bits per heavy atom. The van der Waals surface area contributed by atoms with Crippen LogP contribution in [0.15, 0.2) is 24.3 Å². The van der Waals surface area contributed by atoms with Gasteiger partial charge in [0.25, 0.3) is 0 Å². The molecule has 2 rings (SSSR count). The number of hydrogen-bond donors (Lipinski definition) is 1. The number of benzene rings is 1. The van der Waals surface area contributed by atoms with Gasteiger partial charge in [-0.05, 0) is 43.0 Å². The maximum Gasteiger partial charge on any atom is 0.0236 e. The maximum atomic E-state index is 3.70. The molecule has 1 aliphatic carbocycles. The highest BCUT2D eigenvalue weighted by Gasteiger charge is 2.24. The van der Waals surface area contributed by atoms with Crippen molar-refractivity contribution in [1.82, 2.24) is 10.2 Å². The fraction of sp³-hybridized carbons (Fsp3) is 0.647. The summed E-state index contributed by atoms with van der Waals surface area (Å²) in [6.45, 7) is 11.2. The first-order valence-electron chi connectivity index (χ1n) is 7.75. The molecule has 0 aliphatic heterocycles. The van der Waals surface area contributed by atoms with E-state index in [0.29, 0.717) is 0 Å². The number of hydrogen-bond acceptors (Lipinski definition) is 2. The summed E-state index contributed by atoms with van der Waals surface area (Å²) >= 11 is 0. The summed E-state index contributed by atoms with van der Waals surface area (Å²) in [5.74, 6) is 0.920. The Morgan fingerprint density at radius 3 is 2.32 bits per heavy atom. The first-order valence-corrected chi connectivity index (χ1v) is 7.75. The summed E-state index contributed by atoms with van der Waals surface area (Å²) in [6, 6.07) is 9.61. The van der Waals surface area contributed by atoms with Gasteiger partial charge < -0.3 is 5.32 Å². The summed E-state index contributed by atoms with van der Waals surface area (Å²) in [7, 11) is 0. The van der Waals surface area contributed by atoms with Gasteiger partial charge in [-0.15, -0.1) is 0 Å². The van der Waals surface area contributed by atoms with Crippen LogP contribution >= 0.6 is 0 Å². The van der Waals surface area contributed by atoms with E-state index in [1.807, 2.05) is 0 Å². The van der Waals surface area contributed by atoms with E-state index >= 15 is 0 Å². The smallest absolute Gasteiger partial charge is 0.0236 e. The van der Waals surface area contributed by atoms with E-state index in [1.165, 1.54) is 24.0 Å². The van der Waals surface area contributed by atoms with Crippen molar-refractivity contribution in [2.75, 3.05) is 13.1 Å². The van der Waals surface area contributed by atoms with Gasteiger partial charge in [0, 0.05) is 19.1 Å². The summed E-state index contributed by atoms with van der Waals surface area (Å²) in [5.41, 5.74) is 2.94. The second-order valence-electron chi connectivity index (χ2n) is 5.88. The zero-order valence-electron chi connectivity index (χ0n) is 12.7. The number of rotatable bonds is 7. The predicted molar refractivity (Wildman–Crippen MR) is 82.1 cm³/mol. The fourth-order valence-corrected chi connectivity index (χ4v) is 2.90. The van der Waals surface area contributed by atoms with Crippen LogP contribution in [0.2, 0.25) is 0 Å². The average molecular weight is 260 g/mol. The lowest BCUT2D eigenvalue weighted by atomic mass is 9.82. The van der Waals surface area contributed by atoms with Crippen LogP contribution in [0.4, 0.5) is 0 Å². The summed E-state index contributed by atoms with van der Waals surface area (Å²) < 4.78 is 0. The minimum absolute atomic E-state index is 0.747. The molecule has 0 aromatic heterocycles. The van der Waals surface area contributed by atoms with Crippen molar-refractivity contribution in [3.05, 3.63) is 35.4 Å². The van der Waals surface area contributed by atoms with Gasteiger partial charge in [-0.2, -0.15) is 0 Å². The van der Waals surface area contributed by atoms with Crippen LogP contribution < -0.4 is 5.32 Å². The van der Waals surface area contributed by atoms with E-state index in [4.69, 9.17) is 0 Å². The Hall–Kier alpha value is -0.860. The zero-order chi connectivity index (χ0) is 13.7. The monoisotopic (exact) mass is 260 g/mol. The quantitative estimate of drug-likeness (QED) is 0.808. The largest absolute Gasteiger partial charge is 0.310 e. The van der Waals surface area contributed by atoms with Gasteiger partial charge in [-0.25, -0.2) is 0 Å². The molecule has 0 saturated heterocycles. The lowest BCUT2D eigenvalue weighted by Crippen LogP contribution is -2.39. The van der Waals surface area contributed by atoms with E-state index in [1.54, 1.807) is 0 Å². The molecule has 2 heteroatoms. The topological polar surface area (TPSA) is 15.3 Å². The van der Waals surface area contributed by atoms with Gasteiger partial charge in [0.1, 0.15) is 0 Å². The Balaban J connectivity index is 1.91. The van der Waals surface area contributed by atoms with Crippen molar-refractivity contribution in [3.63, 3.8) is 0 Å². The van der Waals surface area contributed by atoms with Crippen molar-refractivity contribution >= 4 is 0 Å². The number of nitrogens with zero attached hydrogens (tertiary/aromatic N) is 1. The molecule has 1 fully saturated rings. The molecular formula is C17H28N2. The molecule has 0 radical (unpaired) electrons. The molecule has 0 atom stereocenters. The lowest BCUT2D eigenvalue weighted by Gasteiger charge is -2.33. The van der Waals surface area contributed by atoms with Crippen molar-refractivity contribution < 1.29 is 0 Å². The predicted octanol–water partition coefficient (Wildman–Crippen LogP) is 3.42. The van der Waals surface area contributed by atoms with Gasteiger partial charge >= 0.3 is 0 Å². The molecule has 0 heterocycles. The molecule has 19 heavy (non-hydrogen) atoms. The van der Waals surface area contributed by atoms with Crippen LogP contribution in [0.5, 0.6) is 0 Å². The molecule has 1 aromatic rings. The van der Waals surface area contributed by atoms with E-state index in [0.717, 1.165) is 38.1 Å². The van der Waals surface area contributed by atoms with Crippen LogP contribution in [0, 0.1) is 5.92 Å². The van der Waals surface area contributed by atoms with Crippen molar-refractivity contribution in [3.8, 4) is 0 Å². The van der Waals surface area contributed by atoms with Crippen molar-refractivity contribution in [2.24, 2.45) is 5.92 Å². The summed E-state index contributed by atoms with van der Waals surface area (Å²) in [6.07, 6.45) is 2.69. The third-order valence-corrected chi connectivity index (χ3v) is 4.36. The number of nitrogens with one attached hydrogen (secondary N) is 1. The minimum atomic E-state index is 0.747. The Kier molecular flexibility index (Phi) is 5.41. The minimum Gasteiger partial charge on any atom is -0.310 e. The van der Waals surface area contributed by atoms with Crippen LogP contribution in [0.25, 0.3) is 0 Å². The first kappa shape index (κ1) is 14.5. The summed E-state index contributed by atoms with van der Waals surface area (Å²) in [4.78, 5) is 2.48. The van der Waals surface area contributed by atoms with Crippen molar-refractivity contribution in [2.45, 2.75) is 52.7 Å². The van der Waals surface area contributed by atoms with E-state index in [2.05, 4.69) is 55.3 Å². The van der Waals surface area contributed by atoms with Gasteiger partial charge in [0.05, 0.1) is 0 Å². The fourth-order valence-electron chi connectivity index (χ4n) is 2.90. The molecule has 1 aliphatic rings. The Morgan fingerprint density at radius 1 is 1.11 bits per heavy atom. The van der Waals surface area contributed by atoms with Crippen LogP contribution in [0.1, 0.15) is 44.7 Å². The molecule has 1 saturated carbocycles. The second-order valence-corrected chi connectivity index (χ2v) is 5.88. The van der Waals surface area contributed by atoms with E-state index in [-0.39, 0.29) is 0 Å². The molecular weight excluding hydrogens is 232 g/mol. The van der Waals surface area contributed by atoms with E-state index in [9.17, 15) is 0 Å². The highest BCUT2D eigenvalue weighted by molar-refractivity contribution is 5.27. The third kappa shape index (κ3) is 4.05. The first-order chi connectivity index (χ1) is 9.22. The van der Waals surface area contributed by atoms with E-state index < -0.39 is 0 Å². The van der Waals surface area contributed by atoms with Crippen LogP contribution in [-0.2, 0) is 13.1 Å². The van der Waals surface area contributed by atoms with Crippen LogP contribution in [0.3, 0.4) is 0 Å². The maximum absolute atomic E-state index is 3.70. The van der Waals surface area contributed by atoms with Crippen molar-refractivity contribution in [1.29, 1.82) is 0 Å². The third-order valence-electron chi connectivity index (χ3n) is 4.36. The van der Waals surface area contributed by atoms with Gasteiger partial charge in [-0.3, -0.25) is 4.90 Å². The zero-order valence-corrected chi connectivity index (χ0v) is 12.7. The summed E-state index contributed by atoms with van der Waals surface area (Å²) in [5, 5.41) is 3.70. The van der Waals surface area contributed by atoms with Crippen LogP contribution in [-0.4, -0.2) is 24.0 Å². The second kappa shape index (κ2) is 7.06. The van der Waals surface area contributed by atoms with Gasteiger partial charge in [0.15, 0.2) is 0 Å². The molecule has 0 amide bonds. The molecule has 1 aromatic carbocycles. The molecule has 0 spiro atoms. The molecule has 106 valence electrons. The van der Waals surface area contributed by atoms with Gasteiger partial charge in [0.2, 0.25) is 0 Å². The Bertz CT molecular complexity index is 379. The standard InChI is InChI=1S/C17H28N2/c1-4-19(5-2)13-16-9-7-6-8-15(16)12-18-17-10-14(3)11-17/h6-9,14,17-18H,4-5,10-13H2,1-3H3. The SMILES string of the molecule is CCN(CC)Cc1ccccc1CNC1CC(C)C1. The molecule has 2 nitrogen and oxygen atoms in total. The lowest BCUT2D eigenvalue weighted by molar-refractivity contribution is 0.239. The van der Waals surface area contributed by atoms with Gasteiger partial charge in [-0.1, -0.05) is 45.0 Å². The normalized spacial score (nSPS) is 22.5. The molecule has 0 unspecified atom stereocenters. The highest BCUT2D eigenvalue weighted by Crippen LogP contribution is 2.26. The molecule has 0 bridgehead atoms. The highest BCUT2D eigenvalue weighted by atomic mass is 15.1. The molecule has 1 N–H and O–H groups in total.